The molecule has 0 bridgehead atoms. The van der Waals surface area contributed by atoms with Gasteiger partial charge in [-0.15, -0.1) is 0 Å². The van der Waals surface area contributed by atoms with E-state index in [1.807, 2.05) is 6.92 Å². The standard InChI is InChI=1S/C17H24N2O5/c1-4-5-10-24-12(3)15(20)19-14-8-6-13(7-9-14)16(21)18-11(2)17(22)23/h6-9,11-12H,4-5,10H2,1-3H3,(H,18,21)(H,19,20)(H,22,23). The molecule has 2 unspecified atom stereocenters. The Hall–Kier alpha value is -2.41. The molecule has 7 nitrogen and oxygen atoms in total. The number of aliphatic carboxylic acids is 1. The summed E-state index contributed by atoms with van der Waals surface area (Å²) in [5, 5.41) is 13.8. The van der Waals surface area contributed by atoms with Gasteiger partial charge >= 0.3 is 5.97 Å². The van der Waals surface area contributed by atoms with Crippen LogP contribution >= 0.6 is 0 Å². The molecule has 2 atom stereocenters. The van der Waals surface area contributed by atoms with Gasteiger partial charge in [0, 0.05) is 17.9 Å². The van der Waals surface area contributed by atoms with Crippen LogP contribution in [0.2, 0.25) is 0 Å². The Bertz CT molecular complexity index is 571. The lowest BCUT2D eigenvalue weighted by Crippen LogP contribution is -2.38. The maximum Gasteiger partial charge on any atom is 0.325 e. The van der Waals surface area contributed by atoms with E-state index in [-0.39, 0.29) is 5.91 Å². The second kappa shape index (κ2) is 9.67. The summed E-state index contributed by atoms with van der Waals surface area (Å²) in [7, 11) is 0. The maximum atomic E-state index is 12.0. The average Bonchev–Trinajstić information content (AvgIpc) is 2.55. The van der Waals surface area contributed by atoms with Gasteiger partial charge < -0.3 is 20.5 Å². The number of carbonyl (C=O) groups excluding carboxylic acids is 2. The first-order valence-corrected chi connectivity index (χ1v) is 7.91. The van der Waals surface area contributed by atoms with Crippen molar-refractivity contribution in [1.82, 2.24) is 5.32 Å². The molecule has 0 aliphatic rings. The van der Waals surface area contributed by atoms with Crippen molar-refractivity contribution in [2.45, 2.75) is 45.8 Å². The van der Waals surface area contributed by atoms with Gasteiger partial charge in [0.1, 0.15) is 12.1 Å². The van der Waals surface area contributed by atoms with Crippen molar-refractivity contribution in [1.29, 1.82) is 0 Å². The fourth-order valence-electron chi connectivity index (χ4n) is 1.77. The van der Waals surface area contributed by atoms with Crippen LogP contribution in [0.25, 0.3) is 0 Å². The molecule has 0 aliphatic heterocycles. The molecular weight excluding hydrogens is 312 g/mol. The molecule has 0 saturated heterocycles. The summed E-state index contributed by atoms with van der Waals surface area (Å²) in [5.74, 6) is -1.86. The maximum absolute atomic E-state index is 12.0. The number of anilines is 1. The number of rotatable bonds is 9. The molecule has 0 radical (unpaired) electrons. The summed E-state index contributed by atoms with van der Waals surface area (Å²) >= 11 is 0. The fourth-order valence-corrected chi connectivity index (χ4v) is 1.77. The normalized spacial score (nSPS) is 13.0. The Labute approximate surface area is 141 Å². The van der Waals surface area contributed by atoms with Gasteiger partial charge in [-0.2, -0.15) is 0 Å². The number of nitrogens with one attached hydrogen (secondary N) is 2. The number of ether oxygens (including phenoxy) is 1. The fraction of sp³-hybridized carbons (Fsp3) is 0.471. The van der Waals surface area contributed by atoms with E-state index < -0.39 is 24.0 Å². The lowest BCUT2D eigenvalue weighted by atomic mass is 10.1. The highest BCUT2D eigenvalue weighted by molar-refractivity contribution is 5.98. The van der Waals surface area contributed by atoms with Gasteiger partial charge in [-0.05, 0) is 44.5 Å². The summed E-state index contributed by atoms with van der Waals surface area (Å²) in [4.78, 5) is 34.6. The van der Waals surface area contributed by atoms with Crippen LogP contribution in [0.4, 0.5) is 5.69 Å². The van der Waals surface area contributed by atoms with Crippen LogP contribution in [-0.4, -0.2) is 41.6 Å². The molecular formula is C17H24N2O5. The third-order valence-corrected chi connectivity index (χ3v) is 3.37. The quantitative estimate of drug-likeness (QED) is 0.599. The number of carboxylic acids is 1. The smallest absolute Gasteiger partial charge is 0.325 e. The van der Waals surface area contributed by atoms with Crippen molar-refractivity contribution in [3.8, 4) is 0 Å². The first-order chi connectivity index (χ1) is 11.3. The Morgan fingerprint density at radius 2 is 1.79 bits per heavy atom. The first kappa shape index (κ1) is 19.6. The molecule has 0 heterocycles. The van der Waals surface area contributed by atoms with E-state index in [1.54, 1.807) is 19.1 Å². The van der Waals surface area contributed by atoms with Crippen LogP contribution in [0.3, 0.4) is 0 Å². The molecule has 0 fully saturated rings. The minimum atomic E-state index is -1.11. The number of benzene rings is 1. The molecule has 1 rings (SSSR count). The van der Waals surface area contributed by atoms with E-state index in [9.17, 15) is 14.4 Å². The molecule has 0 aromatic heterocycles. The Kier molecular flexibility index (Phi) is 7.91. The number of hydrogen-bond acceptors (Lipinski definition) is 4. The van der Waals surface area contributed by atoms with Gasteiger partial charge in [0.25, 0.3) is 11.8 Å². The predicted octanol–water partition coefficient (Wildman–Crippen LogP) is 2.03. The number of carbonyl (C=O) groups is 3. The summed E-state index contributed by atoms with van der Waals surface area (Å²) in [6, 6.07) is 5.22. The molecule has 0 aliphatic carbocycles. The van der Waals surface area contributed by atoms with Crippen molar-refractivity contribution < 1.29 is 24.2 Å². The summed E-state index contributed by atoms with van der Waals surface area (Å²) in [6.45, 7) is 5.64. The number of carboxylic acid groups (broad SMARTS) is 1. The van der Waals surface area contributed by atoms with E-state index >= 15 is 0 Å². The van der Waals surface area contributed by atoms with Gasteiger partial charge in [-0.25, -0.2) is 0 Å². The lowest BCUT2D eigenvalue weighted by molar-refractivity contribution is -0.138. The van der Waals surface area contributed by atoms with Gasteiger partial charge in [0.15, 0.2) is 0 Å². The van der Waals surface area contributed by atoms with E-state index in [2.05, 4.69) is 10.6 Å². The molecule has 1 aromatic carbocycles. The van der Waals surface area contributed by atoms with E-state index in [0.717, 1.165) is 12.8 Å². The van der Waals surface area contributed by atoms with E-state index in [4.69, 9.17) is 9.84 Å². The summed E-state index contributed by atoms with van der Waals surface area (Å²) in [5.41, 5.74) is 0.849. The van der Waals surface area contributed by atoms with Crippen LogP contribution in [-0.2, 0) is 14.3 Å². The second-order valence-corrected chi connectivity index (χ2v) is 5.47. The number of amides is 2. The summed E-state index contributed by atoms with van der Waals surface area (Å²) < 4.78 is 5.41. The Morgan fingerprint density at radius 1 is 1.17 bits per heavy atom. The third-order valence-electron chi connectivity index (χ3n) is 3.37. The van der Waals surface area contributed by atoms with Crippen molar-refractivity contribution in [3.05, 3.63) is 29.8 Å². The number of unbranched alkanes of at least 4 members (excludes halogenated alkanes) is 1. The molecule has 7 heteroatoms. The van der Waals surface area contributed by atoms with Gasteiger partial charge in [-0.1, -0.05) is 13.3 Å². The predicted molar refractivity (Wildman–Crippen MR) is 90.0 cm³/mol. The zero-order chi connectivity index (χ0) is 18.1. The zero-order valence-corrected chi connectivity index (χ0v) is 14.2. The zero-order valence-electron chi connectivity index (χ0n) is 14.2. The van der Waals surface area contributed by atoms with Crippen LogP contribution in [0.5, 0.6) is 0 Å². The minimum Gasteiger partial charge on any atom is -0.480 e. The SMILES string of the molecule is CCCCOC(C)C(=O)Nc1ccc(C(=O)NC(C)C(=O)O)cc1. The van der Waals surface area contributed by atoms with Gasteiger partial charge in [0.05, 0.1) is 0 Å². The summed E-state index contributed by atoms with van der Waals surface area (Å²) in [6.07, 6.45) is 1.34. The highest BCUT2D eigenvalue weighted by Gasteiger charge is 2.16. The minimum absolute atomic E-state index is 0.261. The highest BCUT2D eigenvalue weighted by Crippen LogP contribution is 2.11. The Morgan fingerprint density at radius 3 is 2.33 bits per heavy atom. The third kappa shape index (κ3) is 6.37. The highest BCUT2D eigenvalue weighted by atomic mass is 16.5. The first-order valence-electron chi connectivity index (χ1n) is 7.91. The second-order valence-electron chi connectivity index (χ2n) is 5.47. The van der Waals surface area contributed by atoms with Crippen molar-refractivity contribution in [2.24, 2.45) is 0 Å². The molecule has 2 amide bonds. The molecule has 1 aromatic rings. The van der Waals surface area contributed by atoms with Gasteiger partial charge in [0.2, 0.25) is 0 Å². The molecule has 24 heavy (non-hydrogen) atoms. The molecule has 0 spiro atoms. The monoisotopic (exact) mass is 336 g/mol. The van der Waals surface area contributed by atoms with Crippen molar-refractivity contribution in [2.75, 3.05) is 11.9 Å². The van der Waals surface area contributed by atoms with Crippen LogP contribution < -0.4 is 10.6 Å². The van der Waals surface area contributed by atoms with Crippen LogP contribution in [0.1, 0.15) is 44.0 Å². The van der Waals surface area contributed by atoms with Crippen LogP contribution in [0, 0.1) is 0 Å². The molecule has 3 N–H and O–H groups in total. The van der Waals surface area contributed by atoms with Gasteiger partial charge in [-0.3, -0.25) is 14.4 Å². The van der Waals surface area contributed by atoms with Crippen LogP contribution in [0.15, 0.2) is 24.3 Å². The van der Waals surface area contributed by atoms with Crippen molar-refractivity contribution in [3.63, 3.8) is 0 Å². The van der Waals surface area contributed by atoms with E-state index in [0.29, 0.717) is 17.9 Å². The topological polar surface area (TPSA) is 105 Å². The average molecular weight is 336 g/mol. The largest absolute Gasteiger partial charge is 0.480 e. The molecule has 0 saturated carbocycles. The molecule has 132 valence electrons. The van der Waals surface area contributed by atoms with E-state index in [1.165, 1.54) is 19.1 Å². The van der Waals surface area contributed by atoms with Crippen molar-refractivity contribution >= 4 is 23.5 Å². The number of hydrogen-bond donors (Lipinski definition) is 3. The Balaban J connectivity index is 2.56. The lowest BCUT2D eigenvalue weighted by Gasteiger charge is -2.13.